The molecule has 0 unspecified atom stereocenters. The third kappa shape index (κ3) is 4.29. The molecule has 162 valence electrons. The maximum absolute atomic E-state index is 13.2. The molecule has 1 aliphatic heterocycles. The van der Waals surface area contributed by atoms with E-state index in [1.165, 1.54) is 29.6 Å². The SMILES string of the molecule is O=C(CSc1nnc2ccc(-c3ccc(F)cc3)nn12)N1CCN(c2ccccc2)CC1. The lowest BCUT2D eigenvalue weighted by Crippen LogP contribution is -2.49. The average molecular weight is 449 g/mol. The van der Waals surface area contributed by atoms with Gasteiger partial charge in [-0.25, -0.2) is 4.39 Å². The maximum atomic E-state index is 13.2. The number of anilines is 1. The number of halogens is 1. The van der Waals surface area contributed by atoms with Crippen LogP contribution in [0.25, 0.3) is 16.9 Å². The molecule has 1 saturated heterocycles. The molecule has 0 atom stereocenters. The summed E-state index contributed by atoms with van der Waals surface area (Å²) in [7, 11) is 0. The van der Waals surface area contributed by atoms with Crippen molar-refractivity contribution < 1.29 is 9.18 Å². The predicted molar refractivity (Wildman–Crippen MR) is 122 cm³/mol. The molecule has 0 bridgehead atoms. The molecule has 1 aliphatic rings. The van der Waals surface area contributed by atoms with Crippen molar-refractivity contribution >= 4 is 29.0 Å². The monoisotopic (exact) mass is 448 g/mol. The topological polar surface area (TPSA) is 66.6 Å². The van der Waals surface area contributed by atoms with Gasteiger partial charge in [0.15, 0.2) is 5.65 Å². The highest BCUT2D eigenvalue weighted by Gasteiger charge is 2.22. The van der Waals surface area contributed by atoms with Crippen LogP contribution in [-0.2, 0) is 4.79 Å². The fraction of sp³-hybridized carbons (Fsp3) is 0.217. The Morgan fingerprint density at radius 1 is 0.906 bits per heavy atom. The van der Waals surface area contributed by atoms with E-state index in [9.17, 15) is 9.18 Å². The van der Waals surface area contributed by atoms with Gasteiger partial charge in [-0.05, 0) is 48.5 Å². The predicted octanol–water partition coefficient (Wildman–Crippen LogP) is 3.37. The van der Waals surface area contributed by atoms with E-state index < -0.39 is 0 Å². The summed E-state index contributed by atoms with van der Waals surface area (Å²) in [6.45, 7) is 3.03. The average Bonchev–Trinajstić information content (AvgIpc) is 3.26. The molecule has 0 saturated carbocycles. The minimum absolute atomic E-state index is 0.0779. The first-order valence-corrected chi connectivity index (χ1v) is 11.3. The second-order valence-electron chi connectivity index (χ2n) is 7.47. The molecular weight excluding hydrogens is 427 g/mol. The maximum Gasteiger partial charge on any atom is 0.233 e. The number of thioether (sulfide) groups is 1. The minimum Gasteiger partial charge on any atom is -0.368 e. The zero-order valence-electron chi connectivity index (χ0n) is 17.3. The van der Waals surface area contributed by atoms with E-state index in [1.54, 1.807) is 16.6 Å². The number of benzene rings is 2. The number of aromatic nitrogens is 4. The Hall–Kier alpha value is -3.46. The largest absolute Gasteiger partial charge is 0.368 e. The van der Waals surface area contributed by atoms with Gasteiger partial charge in [-0.2, -0.15) is 9.61 Å². The summed E-state index contributed by atoms with van der Waals surface area (Å²) in [4.78, 5) is 17.0. The number of rotatable bonds is 5. The van der Waals surface area contributed by atoms with Crippen LogP contribution >= 0.6 is 11.8 Å². The number of piperazine rings is 1. The number of nitrogens with zero attached hydrogens (tertiary/aromatic N) is 6. The third-order valence-electron chi connectivity index (χ3n) is 5.45. The first kappa shape index (κ1) is 20.4. The van der Waals surface area contributed by atoms with Crippen LogP contribution in [0.5, 0.6) is 0 Å². The smallest absolute Gasteiger partial charge is 0.233 e. The highest BCUT2D eigenvalue weighted by molar-refractivity contribution is 7.99. The summed E-state index contributed by atoms with van der Waals surface area (Å²) in [6.07, 6.45) is 0. The molecule has 2 aromatic heterocycles. The Kier molecular flexibility index (Phi) is 5.72. The Bertz CT molecular complexity index is 1220. The summed E-state index contributed by atoms with van der Waals surface area (Å²) in [5.41, 5.74) is 3.27. The normalized spacial score (nSPS) is 14.2. The van der Waals surface area contributed by atoms with E-state index in [0.29, 0.717) is 29.6 Å². The second kappa shape index (κ2) is 8.96. The second-order valence-corrected chi connectivity index (χ2v) is 8.41. The van der Waals surface area contributed by atoms with Crippen molar-refractivity contribution in [3.05, 3.63) is 72.5 Å². The Morgan fingerprint density at radius 2 is 1.66 bits per heavy atom. The zero-order valence-corrected chi connectivity index (χ0v) is 18.1. The van der Waals surface area contributed by atoms with E-state index in [2.05, 4.69) is 32.3 Å². The highest BCUT2D eigenvalue weighted by Crippen LogP contribution is 2.22. The van der Waals surface area contributed by atoms with Crippen LogP contribution in [0.2, 0.25) is 0 Å². The van der Waals surface area contributed by atoms with Crippen LogP contribution in [0.4, 0.5) is 10.1 Å². The summed E-state index contributed by atoms with van der Waals surface area (Å²) in [5.74, 6) is 0.0573. The van der Waals surface area contributed by atoms with E-state index in [-0.39, 0.29) is 17.5 Å². The lowest BCUT2D eigenvalue weighted by Gasteiger charge is -2.36. The molecule has 9 heteroatoms. The molecule has 0 N–H and O–H groups in total. The Labute approximate surface area is 188 Å². The van der Waals surface area contributed by atoms with Crippen molar-refractivity contribution in [2.75, 3.05) is 36.8 Å². The molecule has 1 amide bonds. The lowest BCUT2D eigenvalue weighted by molar-refractivity contribution is -0.128. The van der Waals surface area contributed by atoms with Crippen molar-refractivity contribution in [3.63, 3.8) is 0 Å². The summed E-state index contributed by atoms with van der Waals surface area (Å²) in [6, 6.07) is 20.1. The fourth-order valence-electron chi connectivity index (χ4n) is 3.70. The van der Waals surface area contributed by atoms with Crippen LogP contribution in [0, 0.1) is 5.82 Å². The molecule has 7 nitrogen and oxygen atoms in total. The number of fused-ring (bicyclic) bond motifs is 1. The van der Waals surface area contributed by atoms with Gasteiger partial charge < -0.3 is 9.80 Å². The minimum atomic E-state index is -0.293. The summed E-state index contributed by atoms with van der Waals surface area (Å²) in [5, 5.41) is 13.5. The number of amides is 1. The molecule has 0 spiro atoms. The van der Waals surface area contributed by atoms with Crippen molar-refractivity contribution in [2.45, 2.75) is 5.16 Å². The Morgan fingerprint density at radius 3 is 2.41 bits per heavy atom. The fourth-order valence-corrected chi connectivity index (χ4v) is 4.49. The summed E-state index contributed by atoms with van der Waals surface area (Å²) >= 11 is 1.32. The van der Waals surface area contributed by atoms with E-state index >= 15 is 0 Å². The number of carbonyl (C=O) groups is 1. The molecule has 3 heterocycles. The van der Waals surface area contributed by atoms with Gasteiger partial charge in [-0.15, -0.1) is 10.2 Å². The van der Waals surface area contributed by atoms with Gasteiger partial charge in [0.1, 0.15) is 5.82 Å². The van der Waals surface area contributed by atoms with Crippen LogP contribution in [0.1, 0.15) is 0 Å². The van der Waals surface area contributed by atoms with Gasteiger partial charge >= 0.3 is 0 Å². The van der Waals surface area contributed by atoms with Crippen LogP contribution in [0.3, 0.4) is 0 Å². The standard InChI is InChI=1S/C23H21FN6OS/c24-18-8-6-17(7-9-18)20-10-11-21-25-26-23(30(21)27-20)32-16-22(31)29-14-12-28(13-15-29)19-4-2-1-3-5-19/h1-11H,12-16H2. The van der Waals surface area contributed by atoms with Crippen LogP contribution < -0.4 is 4.90 Å². The number of para-hydroxylation sites is 1. The zero-order chi connectivity index (χ0) is 21.9. The van der Waals surface area contributed by atoms with Gasteiger partial charge in [-0.3, -0.25) is 4.79 Å². The Balaban J connectivity index is 1.23. The molecule has 4 aromatic rings. The number of carbonyl (C=O) groups excluding carboxylic acids is 1. The van der Waals surface area contributed by atoms with Gasteiger partial charge in [-0.1, -0.05) is 30.0 Å². The van der Waals surface area contributed by atoms with E-state index in [0.717, 1.165) is 18.7 Å². The molecular formula is C23H21FN6OS. The van der Waals surface area contributed by atoms with Crippen LogP contribution in [0.15, 0.2) is 71.9 Å². The van der Waals surface area contributed by atoms with Gasteiger partial charge in [0, 0.05) is 37.4 Å². The van der Waals surface area contributed by atoms with Crippen molar-refractivity contribution in [2.24, 2.45) is 0 Å². The molecule has 0 radical (unpaired) electrons. The first-order valence-electron chi connectivity index (χ1n) is 10.4. The third-order valence-corrected chi connectivity index (χ3v) is 6.36. The van der Waals surface area contributed by atoms with E-state index in [1.807, 2.05) is 35.2 Å². The number of hydrogen-bond donors (Lipinski definition) is 0. The van der Waals surface area contributed by atoms with Crippen molar-refractivity contribution in [3.8, 4) is 11.3 Å². The van der Waals surface area contributed by atoms with Crippen molar-refractivity contribution in [1.29, 1.82) is 0 Å². The highest BCUT2D eigenvalue weighted by atomic mass is 32.2. The quantitative estimate of drug-likeness (QED) is 0.436. The lowest BCUT2D eigenvalue weighted by atomic mass is 10.1. The van der Waals surface area contributed by atoms with Crippen LogP contribution in [-0.4, -0.2) is 62.6 Å². The summed E-state index contributed by atoms with van der Waals surface area (Å²) < 4.78 is 14.8. The molecule has 2 aromatic carbocycles. The molecule has 5 rings (SSSR count). The van der Waals surface area contributed by atoms with E-state index in [4.69, 9.17) is 0 Å². The first-order chi connectivity index (χ1) is 15.7. The van der Waals surface area contributed by atoms with Gasteiger partial charge in [0.25, 0.3) is 0 Å². The molecule has 32 heavy (non-hydrogen) atoms. The molecule has 1 fully saturated rings. The van der Waals surface area contributed by atoms with Crippen molar-refractivity contribution in [1.82, 2.24) is 24.7 Å². The number of hydrogen-bond acceptors (Lipinski definition) is 6. The van der Waals surface area contributed by atoms with Gasteiger partial charge in [0.2, 0.25) is 11.1 Å². The van der Waals surface area contributed by atoms with Gasteiger partial charge in [0.05, 0.1) is 11.4 Å². The molecule has 0 aliphatic carbocycles.